The van der Waals surface area contributed by atoms with E-state index in [4.69, 9.17) is 19.5 Å². The third-order valence-corrected chi connectivity index (χ3v) is 4.70. The fraction of sp³-hybridized carbons (Fsp3) is 0.556. The molecular weight excluding hydrogens is 308 g/mol. The Balaban J connectivity index is 1.64. The Morgan fingerprint density at radius 2 is 2.21 bits per heavy atom. The van der Waals surface area contributed by atoms with Crippen molar-refractivity contribution in [1.29, 1.82) is 5.26 Å². The van der Waals surface area contributed by atoms with Gasteiger partial charge in [-0.2, -0.15) is 5.26 Å². The van der Waals surface area contributed by atoms with E-state index in [0.717, 1.165) is 19.3 Å². The Bertz CT molecular complexity index is 638. The van der Waals surface area contributed by atoms with Crippen LogP contribution in [-0.2, 0) is 9.53 Å². The van der Waals surface area contributed by atoms with E-state index in [-0.39, 0.29) is 24.7 Å². The molecule has 0 N–H and O–H groups in total. The van der Waals surface area contributed by atoms with E-state index in [1.165, 1.54) is 13.5 Å². The molecule has 6 heteroatoms. The van der Waals surface area contributed by atoms with E-state index < -0.39 is 0 Å². The lowest BCUT2D eigenvalue weighted by Gasteiger charge is -2.43. The number of carbonyl (C=O) groups excluding carboxylic acids is 1. The smallest absolute Gasteiger partial charge is 0.260 e. The lowest BCUT2D eigenvalue weighted by Crippen LogP contribution is -2.55. The first-order valence-corrected chi connectivity index (χ1v) is 8.35. The van der Waals surface area contributed by atoms with Crippen LogP contribution in [0.1, 0.15) is 31.2 Å². The van der Waals surface area contributed by atoms with Gasteiger partial charge in [-0.3, -0.25) is 4.79 Å². The van der Waals surface area contributed by atoms with E-state index in [2.05, 4.69) is 6.07 Å². The van der Waals surface area contributed by atoms with Crippen molar-refractivity contribution in [2.75, 3.05) is 26.9 Å². The Labute approximate surface area is 141 Å². The topological polar surface area (TPSA) is 71.8 Å². The number of hydrogen-bond acceptors (Lipinski definition) is 5. The lowest BCUT2D eigenvalue weighted by atomic mass is 9.90. The summed E-state index contributed by atoms with van der Waals surface area (Å²) in [5, 5.41) is 8.93. The van der Waals surface area contributed by atoms with Crippen molar-refractivity contribution >= 4 is 5.91 Å². The van der Waals surface area contributed by atoms with Gasteiger partial charge in [0.25, 0.3) is 5.91 Å². The summed E-state index contributed by atoms with van der Waals surface area (Å²) in [6.45, 7) is 1.17. The maximum absolute atomic E-state index is 12.6. The molecular formula is C18H22N2O4. The fourth-order valence-corrected chi connectivity index (χ4v) is 3.48. The van der Waals surface area contributed by atoms with E-state index in [0.29, 0.717) is 30.2 Å². The molecule has 128 valence electrons. The number of morpholine rings is 1. The van der Waals surface area contributed by atoms with E-state index in [9.17, 15) is 4.79 Å². The molecule has 24 heavy (non-hydrogen) atoms. The van der Waals surface area contributed by atoms with E-state index in [1.807, 2.05) is 4.90 Å². The SMILES string of the molecule is COc1cc(C#N)ccc1OCC(=O)N1CCO[C@@H]2CCCC[C@@H]21. The van der Waals surface area contributed by atoms with Gasteiger partial charge in [0.05, 0.1) is 37.5 Å². The van der Waals surface area contributed by atoms with Crippen LogP contribution in [0, 0.1) is 11.3 Å². The molecule has 1 heterocycles. The summed E-state index contributed by atoms with van der Waals surface area (Å²) in [4.78, 5) is 14.5. The number of fused-ring (bicyclic) bond motifs is 1. The summed E-state index contributed by atoms with van der Waals surface area (Å²) >= 11 is 0. The molecule has 1 saturated carbocycles. The molecule has 1 amide bonds. The normalized spacial score (nSPS) is 23.1. The van der Waals surface area contributed by atoms with Crippen LogP contribution in [0.3, 0.4) is 0 Å². The molecule has 2 aliphatic rings. The minimum atomic E-state index is -0.0362. The van der Waals surface area contributed by atoms with Gasteiger partial charge in [0.2, 0.25) is 0 Å². The Kier molecular flexibility index (Phi) is 5.21. The van der Waals surface area contributed by atoms with Crippen molar-refractivity contribution in [3.05, 3.63) is 23.8 Å². The van der Waals surface area contributed by atoms with Crippen molar-refractivity contribution in [2.45, 2.75) is 37.8 Å². The third kappa shape index (κ3) is 3.46. The number of amides is 1. The average Bonchev–Trinajstić information content (AvgIpc) is 2.65. The summed E-state index contributed by atoms with van der Waals surface area (Å²) in [7, 11) is 1.51. The molecule has 0 unspecified atom stereocenters. The molecule has 1 aromatic carbocycles. The number of benzene rings is 1. The molecule has 0 spiro atoms. The summed E-state index contributed by atoms with van der Waals surface area (Å²) < 4.78 is 16.7. The summed E-state index contributed by atoms with van der Waals surface area (Å²) in [5.41, 5.74) is 0.490. The third-order valence-electron chi connectivity index (χ3n) is 4.70. The van der Waals surface area contributed by atoms with Crippen molar-refractivity contribution in [1.82, 2.24) is 4.90 Å². The second kappa shape index (κ2) is 7.54. The predicted molar refractivity (Wildman–Crippen MR) is 86.9 cm³/mol. The number of rotatable bonds is 4. The fourth-order valence-electron chi connectivity index (χ4n) is 3.48. The molecule has 2 atom stereocenters. The van der Waals surface area contributed by atoms with Crippen LogP contribution in [0.15, 0.2) is 18.2 Å². The largest absolute Gasteiger partial charge is 0.493 e. The maximum atomic E-state index is 12.6. The molecule has 0 bridgehead atoms. The van der Waals surface area contributed by atoms with Gasteiger partial charge in [-0.25, -0.2) is 0 Å². The van der Waals surface area contributed by atoms with Crippen LogP contribution < -0.4 is 9.47 Å². The molecule has 2 fully saturated rings. The quantitative estimate of drug-likeness (QED) is 0.845. The zero-order valence-electron chi connectivity index (χ0n) is 13.9. The highest BCUT2D eigenvalue weighted by molar-refractivity contribution is 5.78. The highest BCUT2D eigenvalue weighted by atomic mass is 16.5. The minimum Gasteiger partial charge on any atom is -0.493 e. The number of hydrogen-bond donors (Lipinski definition) is 0. The first kappa shape index (κ1) is 16.6. The van der Waals surface area contributed by atoms with Gasteiger partial charge in [0, 0.05) is 12.6 Å². The van der Waals surface area contributed by atoms with Crippen LogP contribution in [-0.4, -0.2) is 49.8 Å². The Morgan fingerprint density at radius 1 is 1.38 bits per heavy atom. The monoisotopic (exact) mass is 330 g/mol. The minimum absolute atomic E-state index is 0.0263. The van der Waals surface area contributed by atoms with Crippen LogP contribution >= 0.6 is 0 Å². The zero-order chi connectivity index (χ0) is 16.9. The number of methoxy groups -OCH3 is 1. The first-order chi connectivity index (χ1) is 11.7. The van der Waals surface area contributed by atoms with Gasteiger partial charge in [-0.05, 0) is 25.0 Å². The number of carbonyl (C=O) groups is 1. The predicted octanol–water partition coefficient (Wildman–Crippen LogP) is 2.12. The number of nitriles is 1. The Morgan fingerprint density at radius 3 is 3.00 bits per heavy atom. The van der Waals surface area contributed by atoms with Crippen LogP contribution in [0.25, 0.3) is 0 Å². The van der Waals surface area contributed by atoms with Crippen molar-refractivity contribution < 1.29 is 19.0 Å². The van der Waals surface area contributed by atoms with Gasteiger partial charge in [0.15, 0.2) is 18.1 Å². The number of nitrogens with zero attached hydrogens (tertiary/aromatic N) is 2. The maximum Gasteiger partial charge on any atom is 0.260 e. The molecule has 0 aromatic heterocycles. The summed E-state index contributed by atoms with van der Waals surface area (Å²) in [5.74, 6) is 0.902. The summed E-state index contributed by atoms with van der Waals surface area (Å²) in [6.07, 6.45) is 4.50. The molecule has 1 saturated heterocycles. The van der Waals surface area contributed by atoms with Crippen molar-refractivity contribution in [3.63, 3.8) is 0 Å². The van der Waals surface area contributed by atoms with Gasteiger partial charge in [-0.1, -0.05) is 12.8 Å². The zero-order valence-corrected chi connectivity index (χ0v) is 13.9. The first-order valence-electron chi connectivity index (χ1n) is 8.35. The second-order valence-electron chi connectivity index (χ2n) is 6.11. The number of ether oxygens (including phenoxy) is 3. The average molecular weight is 330 g/mol. The molecule has 6 nitrogen and oxygen atoms in total. The molecule has 3 rings (SSSR count). The Hall–Kier alpha value is -2.26. The van der Waals surface area contributed by atoms with Crippen LogP contribution in [0.5, 0.6) is 11.5 Å². The van der Waals surface area contributed by atoms with E-state index in [1.54, 1.807) is 18.2 Å². The van der Waals surface area contributed by atoms with Gasteiger partial charge in [0.1, 0.15) is 0 Å². The van der Waals surface area contributed by atoms with Crippen LogP contribution in [0.2, 0.25) is 0 Å². The lowest BCUT2D eigenvalue weighted by molar-refractivity contribution is -0.151. The van der Waals surface area contributed by atoms with E-state index >= 15 is 0 Å². The molecule has 0 radical (unpaired) electrons. The van der Waals surface area contributed by atoms with Crippen LogP contribution in [0.4, 0.5) is 0 Å². The van der Waals surface area contributed by atoms with Gasteiger partial charge < -0.3 is 19.1 Å². The highest BCUT2D eigenvalue weighted by Crippen LogP contribution is 2.30. The van der Waals surface area contributed by atoms with Gasteiger partial charge >= 0.3 is 0 Å². The highest BCUT2D eigenvalue weighted by Gasteiger charge is 2.36. The van der Waals surface area contributed by atoms with Crippen molar-refractivity contribution in [3.8, 4) is 17.6 Å². The van der Waals surface area contributed by atoms with Gasteiger partial charge in [-0.15, -0.1) is 0 Å². The summed E-state index contributed by atoms with van der Waals surface area (Å²) in [6, 6.07) is 7.13. The molecule has 1 aliphatic heterocycles. The standard InChI is InChI=1S/C18H22N2O4/c1-22-17-10-13(11-19)6-7-16(17)24-12-18(21)20-8-9-23-15-5-3-2-4-14(15)20/h6-7,10,14-15H,2-5,8-9,12H2,1H3/t14-,15+/m0/s1. The molecule has 1 aliphatic carbocycles. The second-order valence-corrected chi connectivity index (χ2v) is 6.11. The molecule has 1 aromatic rings. The van der Waals surface area contributed by atoms with Crippen molar-refractivity contribution in [2.24, 2.45) is 0 Å².